The van der Waals surface area contributed by atoms with E-state index in [1.54, 1.807) is 4.68 Å². The Labute approximate surface area is 132 Å². The Morgan fingerprint density at radius 1 is 1.13 bits per heavy atom. The lowest BCUT2D eigenvalue weighted by Crippen LogP contribution is -2.21. The van der Waals surface area contributed by atoms with Crippen LogP contribution in [0, 0.1) is 13.8 Å². The predicted molar refractivity (Wildman–Crippen MR) is 76.9 cm³/mol. The maximum absolute atomic E-state index is 12.7. The summed E-state index contributed by atoms with van der Waals surface area (Å²) in [5.74, 6) is 0.559. The van der Waals surface area contributed by atoms with Crippen LogP contribution in [0.3, 0.4) is 0 Å². The number of alkyl halides is 3. The summed E-state index contributed by atoms with van der Waals surface area (Å²) in [6.45, 7) is 2.76. The highest BCUT2D eigenvalue weighted by Crippen LogP contribution is 2.20. The first kappa shape index (κ1) is 17.5. The van der Waals surface area contributed by atoms with E-state index >= 15 is 0 Å². The fraction of sp³-hybridized carbons (Fsp3) is 0.643. The fourth-order valence-electron chi connectivity index (χ4n) is 2.51. The third-order valence-electron chi connectivity index (χ3n) is 3.65. The number of halogens is 3. The lowest BCUT2D eigenvalue weighted by molar-refractivity contribution is -0.143. The van der Waals surface area contributed by atoms with Gasteiger partial charge in [0.25, 0.3) is 0 Å². The minimum Gasteiger partial charge on any atom is -0.377 e. The molecular weight excluding hydrogens is 311 g/mol. The Bertz CT molecular complexity index is 675. The van der Waals surface area contributed by atoms with Gasteiger partial charge in [0, 0.05) is 26.3 Å². The number of ether oxygens (including phenoxy) is 1. The monoisotopic (exact) mass is 331 g/mol. The van der Waals surface area contributed by atoms with Crippen LogP contribution >= 0.6 is 0 Å². The van der Waals surface area contributed by atoms with Crippen molar-refractivity contribution in [2.45, 2.75) is 46.0 Å². The second kappa shape index (κ2) is 6.69. The van der Waals surface area contributed by atoms with E-state index in [4.69, 9.17) is 4.74 Å². The summed E-state index contributed by atoms with van der Waals surface area (Å²) in [4.78, 5) is 4.16. The molecule has 0 aromatic carbocycles. The Balaban J connectivity index is 2.20. The first-order valence-corrected chi connectivity index (χ1v) is 7.18. The van der Waals surface area contributed by atoms with Crippen LogP contribution in [0.25, 0.3) is 0 Å². The molecule has 2 heterocycles. The first-order valence-electron chi connectivity index (χ1n) is 7.18. The van der Waals surface area contributed by atoms with Crippen molar-refractivity contribution in [1.82, 2.24) is 24.5 Å². The van der Waals surface area contributed by atoms with Crippen LogP contribution in [0.5, 0.6) is 0 Å². The average Bonchev–Trinajstić information content (AvgIpc) is 2.89. The zero-order chi connectivity index (χ0) is 17.2. The Hall–Kier alpha value is -1.90. The number of hydrogen-bond donors (Lipinski definition) is 0. The number of methoxy groups -OCH3 is 1. The van der Waals surface area contributed by atoms with Crippen LogP contribution in [0.2, 0.25) is 0 Å². The maximum Gasteiger partial charge on any atom is 0.408 e. The van der Waals surface area contributed by atoms with Gasteiger partial charge in [0.2, 0.25) is 0 Å². The van der Waals surface area contributed by atoms with Crippen molar-refractivity contribution in [3.8, 4) is 0 Å². The van der Waals surface area contributed by atoms with Gasteiger partial charge in [-0.2, -0.15) is 23.4 Å². The van der Waals surface area contributed by atoms with E-state index in [-0.39, 0.29) is 12.4 Å². The number of rotatable bonds is 6. The molecule has 0 saturated heterocycles. The lowest BCUT2D eigenvalue weighted by Gasteiger charge is -2.09. The number of nitrogens with zero attached hydrogens (tertiary/aromatic N) is 5. The van der Waals surface area contributed by atoms with Crippen molar-refractivity contribution in [2.75, 3.05) is 7.11 Å². The Morgan fingerprint density at radius 2 is 1.83 bits per heavy atom. The molecule has 0 saturated carbocycles. The van der Waals surface area contributed by atoms with Crippen molar-refractivity contribution < 1.29 is 17.9 Å². The minimum atomic E-state index is -4.34. The lowest BCUT2D eigenvalue weighted by atomic mass is 10.1. The van der Waals surface area contributed by atoms with Crippen molar-refractivity contribution in [2.24, 2.45) is 7.05 Å². The number of aromatic nitrogens is 5. The highest BCUT2D eigenvalue weighted by Gasteiger charge is 2.30. The predicted octanol–water partition coefficient (Wildman–Crippen LogP) is 2.12. The van der Waals surface area contributed by atoms with Gasteiger partial charge in [-0.25, -0.2) is 9.67 Å². The molecule has 2 rings (SSSR count). The van der Waals surface area contributed by atoms with Gasteiger partial charge in [0.05, 0.1) is 5.69 Å². The zero-order valence-corrected chi connectivity index (χ0v) is 13.6. The minimum absolute atomic E-state index is 0.0861. The molecule has 0 spiro atoms. The van der Waals surface area contributed by atoms with Gasteiger partial charge in [-0.1, -0.05) is 0 Å². The topological polar surface area (TPSA) is 57.8 Å². The van der Waals surface area contributed by atoms with Crippen molar-refractivity contribution in [1.29, 1.82) is 0 Å². The van der Waals surface area contributed by atoms with E-state index in [9.17, 15) is 13.2 Å². The van der Waals surface area contributed by atoms with E-state index in [2.05, 4.69) is 15.2 Å². The van der Waals surface area contributed by atoms with Crippen LogP contribution in [0.1, 0.15) is 28.6 Å². The summed E-state index contributed by atoms with van der Waals surface area (Å²) in [6, 6.07) is 0. The van der Waals surface area contributed by atoms with Crippen LogP contribution in [-0.4, -0.2) is 37.8 Å². The van der Waals surface area contributed by atoms with Gasteiger partial charge in [0.1, 0.15) is 19.0 Å². The number of aryl methyl sites for hydroxylation is 3. The van der Waals surface area contributed by atoms with E-state index in [1.807, 2.05) is 20.9 Å². The highest BCUT2D eigenvalue weighted by molar-refractivity contribution is 5.25. The molecular formula is C14H20F3N5O. The molecule has 6 nitrogen and oxygen atoms in total. The molecule has 0 fully saturated rings. The smallest absolute Gasteiger partial charge is 0.377 e. The summed E-state index contributed by atoms with van der Waals surface area (Å²) in [6.07, 6.45) is -3.42. The molecule has 9 heteroatoms. The van der Waals surface area contributed by atoms with Crippen molar-refractivity contribution in [3.05, 3.63) is 28.6 Å². The molecule has 0 N–H and O–H groups in total. The summed E-state index contributed by atoms with van der Waals surface area (Å²) in [5, 5.41) is 8.20. The molecule has 0 atom stereocenters. The standard InChI is InChI=1S/C14H20F3N5O/c1-9-11(10(2)21(3)19-9)5-6-13-18-12(7-23-4)20-22(13)8-14(15,16)17/h5-8H2,1-4H3. The van der Waals surface area contributed by atoms with Crippen molar-refractivity contribution >= 4 is 0 Å². The van der Waals surface area contributed by atoms with Crippen molar-refractivity contribution in [3.63, 3.8) is 0 Å². The first-order chi connectivity index (χ1) is 10.7. The van der Waals surface area contributed by atoms with E-state index in [1.165, 1.54) is 7.11 Å². The molecule has 0 aliphatic carbocycles. The molecule has 23 heavy (non-hydrogen) atoms. The molecule has 0 bridgehead atoms. The summed E-state index contributed by atoms with van der Waals surface area (Å²) < 4.78 is 45.6. The van der Waals surface area contributed by atoms with Crippen LogP contribution in [-0.2, 0) is 37.8 Å². The van der Waals surface area contributed by atoms with E-state index < -0.39 is 12.7 Å². The number of hydrogen-bond acceptors (Lipinski definition) is 4. The van der Waals surface area contributed by atoms with Gasteiger partial charge in [0.15, 0.2) is 5.82 Å². The second-order valence-corrected chi connectivity index (χ2v) is 5.42. The summed E-state index contributed by atoms with van der Waals surface area (Å²) in [5.41, 5.74) is 2.91. The molecule has 0 unspecified atom stereocenters. The van der Waals surface area contributed by atoms with Gasteiger partial charge in [-0.05, 0) is 25.8 Å². The van der Waals surface area contributed by atoms with Gasteiger partial charge >= 0.3 is 6.18 Å². The van der Waals surface area contributed by atoms with E-state index in [0.29, 0.717) is 18.7 Å². The molecule has 2 aromatic rings. The SMILES string of the molecule is COCc1nc(CCc2c(C)nn(C)c2C)n(CC(F)(F)F)n1. The second-order valence-electron chi connectivity index (χ2n) is 5.42. The average molecular weight is 331 g/mol. The largest absolute Gasteiger partial charge is 0.408 e. The van der Waals surface area contributed by atoms with Gasteiger partial charge in [-0.15, -0.1) is 0 Å². The third-order valence-corrected chi connectivity index (χ3v) is 3.65. The molecule has 0 aliphatic heterocycles. The highest BCUT2D eigenvalue weighted by atomic mass is 19.4. The third kappa shape index (κ3) is 4.31. The van der Waals surface area contributed by atoms with Gasteiger partial charge < -0.3 is 4.74 Å². The molecule has 0 radical (unpaired) electrons. The maximum atomic E-state index is 12.7. The molecule has 2 aromatic heterocycles. The van der Waals surface area contributed by atoms with Crippen LogP contribution in [0.15, 0.2) is 0 Å². The summed E-state index contributed by atoms with van der Waals surface area (Å²) in [7, 11) is 3.29. The van der Waals surface area contributed by atoms with Crippen LogP contribution < -0.4 is 0 Å². The van der Waals surface area contributed by atoms with Crippen LogP contribution in [0.4, 0.5) is 13.2 Å². The fourth-order valence-corrected chi connectivity index (χ4v) is 2.51. The molecule has 0 aliphatic rings. The Morgan fingerprint density at radius 3 is 2.35 bits per heavy atom. The molecule has 0 amide bonds. The zero-order valence-electron chi connectivity index (χ0n) is 13.6. The Kier molecular flexibility index (Phi) is 5.08. The normalized spacial score (nSPS) is 12.1. The van der Waals surface area contributed by atoms with Gasteiger partial charge in [-0.3, -0.25) is 4.68 Å². The quantitative estimate of drug-likeness (QED) is 0.814. The summed E-state index contributed by atoms with van der Waals surface area (Å²) >= 11 is 0. The molecule has 128 valence electrons. The van der Waals surface area contributed by atoms with E-state index in [0.717, 1.165) is 21.6 Å².